The summed E-state index contributed by atoms with van der Waals surface area (Å²) < 4.78 is 25.8. The van der Waals surface area contributed by atoms with Gasteiger partial charge >= 0.3 is 0 Å². The van der Waals surface area contributed by atoms with Gasteiger partial charge in [0, 0.05) is 24.5 Å². The molecule has 1 heterocycles. The van der Waals surface area contributed by atoms with Gasteiger partial charge in [-0.15, -0.1) is 0 Å². The standard InChI is InChI=1S/C20H30N2O3S/c1-14-19-11-16-5-6-17(23)12-18(16)20(14,7-9-21-26(2,24)25)8-10-22(19)13-15-3-4-15/h5-6,12,14-15,19,21,23H,3-4,7-11,13H2,1-2H3/t14-,19+,20+/m0/s1. The molecule has 1 saturated carbocycles. The van der Waals surface area contributed by atoms with Crippen LogP contribution in [0.25, 0.3) is 0 Å². The molecule has 0 aromatic heterocycles. The number of nitrogens with one attached hydrogen (secondary N) is 1. The Morgan fingerprint density at radius 1 is 1.35 bits per heavy atom. The first kappa shape index (κ1) is 18.3. The summed E-state index contributed by atoms with van der Waals surface area (Å²) in [6.07, 6.45) is 6.79. The molecule has 0 spiro atoms. The first-order chi connectivity index (χ1) is 12.3. The van der Waals surface area contributed by atoms with Crippen LogP contribution in [-0.4, -0.2) is 50.4 Å². The van der Waals surface area contributed by atoms with Crippen molar-refractivity contribution in [1.29, 1.82) is 0 Å². The highest BCUT2D eigenvalue weighted by atomic mass is 32.2. The van der Waals surface area contributed by atoms with Crippen molar-refractivity contribution in [2.24, 2.45) is 11.8 Å². The van der Waals surface area contributed by atoms with Gasteiger partial charge in [-0.2, -0.15) is 0 Å². The van der Waals surface area contributed by atoms with Crippen LogP contribution in [0.3, 0.4) is 0 Å². The Morgan fingerprint density at radius 2 is 2.12 bits per heavy atom. The lowest BCUT2D eigenvalue weighted by molar-refractivity contribution is 0.0164. The maximum absolute atomic E-state index is 11.5. The molecule has 26 heavy (non-hydrogen) atoms. The maximum Gasteiger partial charge on any atom is 0.208 e. The number of sulfonamides is 1. The van der Waals surface area contributed by atoms with Gasteiger partial charge in [-0.3, -0.25) is 4.90 Å². The van der Waals surface area contributed by atoms with Crippen LogP contribution in [0.1, 0.15) is 43.7 Å². The zero-order chi connectivity index (χ0) is 18.5. The molecular formula is C20H30N2O3S. The summed E-state index contributed by atoms with van der Waals surface area (Å²) in [6.45, 7) is 5.06. The molecule has 0 amide bonds. The summed E-state index contributed by atoms with van der Waals surface area (Å²) in [5.41, 5.74) is 2.50. The molecule has 1 aliphatic heterocycles. The predicted octanol–water partition coefficient (Wildman–Crippen LogP) is 2.25. The number of likely N-dealkylation sites (tertiary alicyclic amines) is 1. The molecule has 0 unspecified atom stereocenters. The maximum atomic E-state index is 11.5. The van der Waals surface area contributed by atoms with E-state index in [0.29, 0.717) is 24.3 Å². The number of hydrogen-bond donors (Lipinski definition) is 2. The molecule has 1 aromatic rings. The largest absolute Gasteiger partial charge is 0.508 e. The lowest BCUT2D eigenvalue weighted by Gasteiger charge is -2.56. The summed E-state index contributed by atoms with van der Waals surface area (Å²) in [5.74, 6) is 1.64. The minimum atomic E-state index is -3.19. The molecule has 5 nitrogen and oxygen atoms in total. The van der Waals surface area contributed by atoms with Crippen molar-refractivity contribution in [2.45, 2.75) is 50.5 Å². The first-order valence-electron chi connectivity index (χ1n) is 9.79. The first-order valence-corrected chi connectivity index (χ1v) is 11.7. The number of fused-ring (bicyclic) bond motifs is 4. The third kappa shape index (κ3) is 3.39. The van der Waals surface area contributed by atoms with Crippen LogP contribution in [0.15, 0.2) is 18.2 Å². The fourth-order valence-electron chi connectivity index (χ4n) is 5.34. The van der Waals surface area contributed by atoms with E-state index in [4.69, 9.17) is 0 Å². The average molecular weight is 379 g/mol. The molecule has 1 saturated heterocycles. The molecular weight excluding hydrogens is 348 g/mol. The monoisotopic (exact) mass is 378 g/mol. The zero-order valence-electron chi connectivity index (χ0n) is 15.7. The van der Waals surface area contributed by atoms with Crippen LogP contribution >= 0.6 is 0 Å². The van der Waals surface area contributed by atoms with Gasteiger partial charge in [0.2, 0.25) is 10.0 Å². The van der Waals surface area contributed by atoms with Crippen LogP contribution in [-0.2, 0) is 21.9 Å². The number of phenols is 1. The van der Waals surface area contributed by atoms with Gasteiger partial charge in [0.15, 0.2) is 0 Å². The van der Waals surface area contributed by atoms with Gasteiger partial charge in [-0.25, -0.2) is 13.1 Å². The lowest BCUT2D eigenvalue weighted by Crippen LogP contribution is -2.60. The van der Waals surface area contributed by atoms with Crippen molar-refractivity contribution in [3.05, 3.63) is 29.3 Å². The highest BCUT2D eigenvalue weighted by molar-refractivity contribution is 7.88. The summed E-state index contributed by atoms with van der Waals surface area (Å²) >= 11 is 0. The second kappa shape index (κ2) is 6.50. The molecule has 0 radical (unpaired) electrons. The van der Waals surface area contributed by atoms with Crippen molar-refractivity contribution in [3.8, 4) is 5.75 Å². The number of rotatable bonds is 6. The fraction of sp³-hybridized carbons (Fsp3) is 0.700. The van der Waals surface area contributed by atoms with Crippen LogP contribution in [0.4, 0.5) is 0 Å². The summed E-state index contributed by atoms with van der Waals surface area (Å²) in [6, 6.07) is 6.31. The van der Waals surface area contributed by atoms with Crippen molar-refractivity contribution in [3.63, 3.8) is 0 Å². The minimum Gasteiger partial charge on any atom is -0.508 e. The lowest BCUT2D eigenvalue weighted by atomic mass is 9.56. The van der Waals surface area contributed by atoms with Crippen molar-refractivity contribution in [2.75, 3.05) is 25.9 Å². The predicted molar refractivity (Wildman–Crippen MR) is 103 cm³/mol. The van der Waals surface area contributed by atoms with E-state index in [1.807, 2.05) is 6.07 Å². The van der Waals surface area contributed by atoms with Gasteiger partial charge in [-0.1, -0.05) is 13.0 Å². The summed E-state index contributed by atoms with van der Waals surface area (Å²) in [7, 11) is -3.19. The van der Waals surface area contributed by atoms with E-state index in [-0.39, 0.29) is 5.41 Å². The normalized spacial score (nSPS) is 31.6. The Kier molecular flexibility index (Phi) is 4.56. The van der Waals surface area contributed by atoms with Gasteiger partial charge in [-0.05, 0) is 73.7 Å². The molecule has 2 fully saturated rings. The second-order valence-corrected chi connectivity index (χ2v) is 10.5. The zero-order valence-corrected chi connectivity index (χ0v) is 16.6. The molecule has 2 N–H and O–H groups in total. The van der Waals surface area contributed by atoms with Crippen molar-refractivity contribution >= 4 is 10.0 Å². The molecule has 2 aliphatic carbocycles. The molecule has 1 aromatic carbocycles. The van der Waals surface area contributed by atoms with Crippen LogP contribution in [0, 0.1) is 11.8 Å². The fourth-order valence-corrected chi connectivity index (χ4v) is 5.82. The molecule has 3 aliphatic rings. The van der Waals surface area contributed by atoms with E-state index in [9.17, 15) is 13.5 Å². The quantitative estimate of drug-likeness (QED) is 0.797. The Labute approximate surface area is 156 Å². The van der Waals surface area contributed by atoms with E-state index in [1.54, 1.807) is 6.07 Å². The van der Waals surface area contributed by atoms with E-state index in [2.05, 4.69) is 22.6 Å². The van der Waals surface area contributed by atoms with Crippen LogP contribution in [0.5, 0.6) is 5.75 Å². The van der Waals surface area contributed by atoms with Crippen molar-refractivity contribution in [1.82, 2.24) is 9.62 Å². The van der Waals surface area contributed by atoms with Gasteiger partial charge in [0.1, 0.15) is 5.75 Å². The van der Waals surface area contributed by atoms with E-state index < -0.39 is 10.0 Å². The molecule has 4 rings (SSSR count). The SMILES string of the molecule is C[C@H]1[C@H]2Cc3ccc(O)cc3[C@]1(CCNS(C)(=O)=O)CCN2CC1CC1. The van der Waals surface area contributed by atoms with Crippen LogP contribution in [0.2, 0.25) is 0 Å². The molecule has 2 bridgehead atoms. The highest BCUT2D eigenvalue weighted by Gasteiger charge is 2.51. The number of aromatic hydroxyl groups is 1. The minimum absolute atomic E-state index is 0.0608. The molecule has 6 heteroatoms. The Hall–Kier alpha value is -1.11. The Bertz CT molecular complexity index is 790. The van der Waals surface area contributed by atoms with Crippen molar-refractivity contribution < 1.29 is 13.5 Å². The topological polar surface area (TPSA) is 69.6 Å². The third-order valence-corrected chi connectivity index (χ3v) is 7.68. The van der Waals surface area contributed by atoms with E-state index >= 15 is 0 Å². The third-order valence-electron chi connectivity index (χ3n) is 6.95. The van der Waals surface area contributed by atoms with Gasteiger partial charge in [0.25, 0.3) is 0 Å². The molecule has 3 atom stereocenters. The second-order valence-electron chi connectivity index (χ2n) is 8.66. The number of phenolic OH excluding ortho intramolecular Hbond substituents is 1. The highest BCUT2D eigenvalue weighted by Crippen LogP contribution is 2.52. The number of piperidine rings is 1. The summed E-state index contributed by atoms with van der Waals surface area (Å²) in [4.78, 5) is 2.68. The Balaban J connectivity index is 1.66. The number of benzene rings is 1. The van der Waals surface area contributed by atoms with Gasteiger partial charge < -0.3 is 5.11 Å². The van der Waals surface area contributed by atoms with E-state index in [0.717, 1.165) is 31.7 Å². The number of nitrogens with zero attached hydrogens (tertiary/aromatic N) is 1. The van der Waals surface area contributed by atoms with Crippen LogP contribution < -0.4 is 4.72 Å². The Morgan fingerprint density at radius 3 is 2.81 bits per heavy atom. The number of hydrogen-bond acceptors (Lipinski definition) is 4. The molecule has 144 valence electrons. The summed E-state index contributed by atoms with van der Waals surface area (Å²) in [5, 5.41) is 10.1. The average Bonchev–Trinajstić information content (AvgIpc) is 3.36. The smallest absolute Gasteiger partial charge is 0.208 e. The van der Waals surface area contributed by atoms with E-state index in [1.165, 1.54) is 36.8 Å². The van der Waals surface area contributed by atoms with Gasteiger partial charge in [0.05, 0.1) is 6.26 Å².